The molecule has 1 saturated heterocycles. The summed E-state index contributed by atoms with van der Waals surface area (Å²) in [6.45, 7) is 6.64. The average molecular weight is 208 g/mol. The van der Waals surface area contributed by atoms with Gasteiger partial charge in [0.15, 0.2) is 0 Å². The zero-order valence-corrected chi connectivity index (χ0v) is 9.61. The Balaban J connectivity index is 2.06. The highest BCUT2D eigenvalue weighted by Crippen LogP contribution is 2.21. The Kier molecular flexibility index (Phi) is 3.38. The smallest absolute Gasteiger partial charge is 0.0662 e. The third kappa shape index (κ3) is 2.21. The van der Waals surface area contributed by atoms with Crippen molar-refractivity contribution in [2.45, 2.75) is 25.9 Å². The van der Waals surface area contributed by atoms with Gasteiger partial charge in [0.05, 0.1) is 11.7 Å². The number of hydrogen-bond donors (Lipinski definition) is 1. The third-order valence-electron chi connectivity index (χ3n) is 3.15. The van der Waals surface area contributed by atoms with Gasteiger partial charge in [-0.25, -0.2) is 0 Å². The Hall–Kier alpha value is -0.870. The maximum Gasteiger partial charge on any atom is 0.0662 e. The van der Waals surface area contributed by atoms with Crippen LogP contribution >= 0.6 is 0 Å². The van der Waals surface area contributed by atoms with Crippen molar-refractivity contribution in [3.8, 4) is 0 Å². The van der Waals surface area contributed by atoms with Crippen LogP contribution in [0.15, 0.2) is 12.3 Å². The molecular formula is C11H20N4. The molecule has 0 aromatic carbocycles. The van der Waals surface area contributed by atoms with E-state index in [4.69, 9.17) is 0 Å². The first kappa shape index (κ1) is 10.6. The van der Waals surface area contributed by atoms with Gasteiger partial charge < -0.3 is 10.2 Å². The van der Waals surface area contributed by atoms with Crippen LogP contribution in [0.5, 0.6) is 0 Å². The van der Waals surface area contributed by atoms with Crippen molar-refractivity contribution in [2.24, 2.45) is 0 Å². The molecule has 1 N–H and O–H groups in total. The average Bonchev–Trinajstić information content (AvgIpc) is 2.85. The highest BCUT2D eigenvalue weighted by atomic mass is 15.3. The fraction of sp³-hybridized carbons (Fsp3) is 0.727. The van der Waals surface area contributed by atoms with Gasteiger partial charge in [0, 0.05) is 25.8 Å². The molecule has 1 atom stereocenters. The maximum atomic E-state index is 4.44. The Morgan fingerprint density at radius 1 is 1.60 bits per heavy atom. The molecule has 1 aromatic heterocycles. The minimum absolute atomic E-state index is 0.572. The number of likely N-dealkylation sites (tertiary alicyclic amines) is 1. The minimum Gasteiger partial charge on any atom is -0.314 e. The van der Waals surface area contributed by atoms with Crippen LogP contribution < -0.4 is 5.32 Å². The second-order valence-corrected chi connectivity index (χ2v) is 4.13. The molecule has 1 aromatic rings. The summed E-state index contributed by atoms with van der Waals surface area (Å²) >= 11 is 0. The van der Waals surface area contributed by atoms with Crippen molar-refractivity contribution in [2.75, 3.05) is 26.7 Å². The maximum absolute atomic E-state index is 4.44. The molecule has 4 heteroatoms. The fourth-order valence-electron chi connectivity index (χ4n) is 2.29. The lowest BCUT2D eigenvalue weighted by atomic mass is 10.2. The van der Waals surface area contributed by atoms with Gasteiger partial charge in [-0.2, -0.15) is 5.10 Å². The summed E-state index contributed by atoms with van der Waals surface area (Å²) in [5.41, 5.74) is 1.29. The predicted octanol–water partition coefficient (Wildman–Crippen LogP) is 0.869. The van der Waals surface area contributed by atoms with Crippen molar-refractivity contribution in [1.82, 2.24) is 20.0 Å². The predicted molar refractivity (Wildman–Crippen MR) is 60.8 cm³/mol. The summed E-state index contributed by atoms with van der Waals surface area (Å²) in [6, 6.07) is 2.67. The molecule has 1 aliphatic rings. The number of nitrogens with one attached hydrogen (secondary N) is 1. The lowest BCUT2D eigenvalue weighted by Gasteiger charge is -2.16. The fourth-order valence-corrected chi connectivity index (χ4v) is 2.29. The summed E-state index contributed by atoms with van der Waals surface area (Å²) in [5.74, 6) is 0. The zero-order chi connectivity index (χ0) is 10.7. The van der Waals surface area contributed by atoms with E-state index >= 15 is 0 Å². The largest absolute Gasteiger partial charge is 0.314 e. The lowest BCUT2D eigenvalue weighted by molar-refractivity contribution is 0.333. The van der Waals surface area contributed by atoms with E-state index in [1.807, 2.05) is 13.2 Å². The van der Waals surface area contributed by atoms with E-state index < -0.39 is 0 Å². The standard InChI is InChI=1S/C11H20N4/c1-3-14-7-5-11(9-14)15-10(8-12-2)4-6-13-15/h4,6,11-12H,3,5,7-9H2,1-2H3. The molecule has 1 unspecified atom stereocenters. The van der Waals surface area contributed by atoms with E-state index in [2.05, 4.69) is 33.0 Å². The summed E-state index contributed by atoms with van der Waals surface area (Å²) in [5, 5.41) is 7.62. The molecule has 1 aliphatic heterocycles. The molecule has 0 bridgehead atoms. The molecule has 4 nitrogen and oxygen atoms in total. The molecular weight excluding hydrogens is 188 g/mol. The Labute approximate surface area is 91.3 Å². The number of rotatable bonds is 4. The molecule has 0 radical (unpaired) electrons. The van der Waals surface area contributed by atoms with E-state index in [0.717, 1.165) is 19.6 Å². The molecule has 0 amide bonds. The van der Waals surface area contributed by atoms with Gasteiger partial charge >= 0.3 is 0 Å². The van der Waals surface area contributed by atoms with Crippen LogP contribution in [0.2, 0.25) is 0 Å². The number of likely N-dealkylation sites (N-methyl/N-ethyl adjacent to an activating group) is 1. The van der Waals surface area contributed by atoms with Gasteiger partial charge in [-0.1, -0.05) is 6.92 Å². The van der Waals surface area contributed by atoms with Crippen LogP contribution in [-0.2, 0) is 6.54 Å². The molecule has 84 valence electrons. The Morgan fingerprint density at radius 3 is 3.13 bits per heavy atom. The summed E-state index contributed by atoms with van der Waals surface area (Å²) in [4.78, 5) is 2.48. The summed E-state index contributed by atoms with van der Waals surface area (Å²) in [6.07, 6.45) is 3.13. The van der Waals surface area contributed by atoms with Crippen LogP contribution in [0.3, 0.4) is 0 Å². The monoisotopic (exact) mass is 208 g/mol. The van der Waals surface area contributed by atoms with E-state index in [9.17, 15) is 0 Å². The number of nitrogens with zero attached hydrogens (tertiary/aromatic N) is 3. The lowest BCUT2D eigenvalue weighted by Crippen LogP contribution is -2.23. The highest BCUT2D eigenvalue weighted by Gasteiger charge is 2.24. The van der Waals surface area contributed by atoms with Crippen molar-refractivity contribution in [3.63, 3.8) is 0 Å². The summed E-state index contributed by atoms with van der Waals surface area (Å²) < 4.78 is 2.19. The Morgan fingerprint density at radius 2 is 2.47 bits per heavy atom. The SMILES string of the molecule is CCN1CCC(n2nccc2CNC)C1. The topological polar surface area (TPSA) is 33.1 Å². The Bertz CT molecular complexity index is 307. The second kappa shape index (κ2) is 4.77. The van der Waals surface area contributed by atoms with Gasteiger partial charge in [-0.3, -0.25) is 4.68 Å². The number of aromatic nitrogens is 2. The van der Waals surface area contributed by atoms with E-state index in [1.54, 1.807) is 0 Å². The zero-order valence-electron chi connectivity index (χ0n) is 9.61. The van der Waals surface area contributed by atoms with Crippen LogP contribution in [-0.4, -0.2) is 41.4 Å². The van der Waals surface area contributed by atoms with Gasteiger partial charge in [-0.15, -0.1) is 0 Å². The number of hydrogen-bond acceptors (Lipinski definition) is 3. The van der Waals surface area contributed by atoms with Crippen molar-refractivity contribution >= 4 is 0 Å². The van der Waals surface area contributed by atoms with Crippen molar-refractivity contribution < 1.29 is 0 Å². The summed E-state index contributed by atoms with van der Waals surface area (Å²) in [7, 11) is 1.98. The van der Waals surface area contributed by atoms with E-state index in [-0.39, 0.29) is 0 Å². The molecule has 0 spiro atoms. The van der Waals surface area contributed by atoms with Gasteiger partial charge in [0.25, 0.3) is 0 Å². The minimum atomic E-state index is 0.572. The highest BCUT2D eigenvalue weighted by molar-refractivity contribution is 5.02. The van der Waals surface area contributed by atoms with Crippen molar-refractivity contribution in [3.05, 3.63) is 18.0 Å². The van der Waals surface area contributed by atoms with E-state index in [0.29, 0.717) is 6.04 Å². The van der Waals surface area contributed by atoms with Crippen LogP contribution in [0.1, 0.15) is 25.1 Å². The van der Waals surface area contributed by atoms with Gasteiger partial charge in [0.2, 0.25) is 0 Å². The van der Waals surface area contributed by atoms with Crippen LogP contribution in [0.4, 0.5) is 0 Å². The normalized spacial score (nSPS) is 22.4. The molecule has 2 rings (SSSR count). The van der Waals surface area contributed by atoms with Crippen molar-refractivity contribution in [1.29, 1.82) is 0 Å². The quantitative estimate of drug-likeness (QED) is 0.797. The third-order valence-corrected chi connectivity index (χ3v) is 3.15. The van der Waals surface area contributed by atoms with Crippen LogP contribution in [0.25, 0.3) is 0 Å². The molecule has 2 heterocycles. The van der Waals surface area contributed by atoms with Crippen LogP contribution in [0, 0.1) is 0 Å². The first-order valence-corrected chi connectivity index (χ1v) is 5.74. The molecule has 0 aliphatic carbocycles. The van der Waals surface area contributed by atoms with E-state index in [1.165, 1.54) is 18.7 Å². The van der Waals surface area contributed by atoms with Gasteiger partial charge in [0.1, 0.15) is 0 Å². The molecule has 0 saturated carbocycles. The molecule has 1 fully saturated rings. The van der Waals surface area contributed by atoms with Gasteiger partial charge in [-0.05, 0) is 26.1 Å². The first-order chi connectivity index (χ1) is 7.35. The first-order valence-electron chi connectivity index (χ1n) is 5.74. The molecule has 15 heavy (non-hydrogen) atoms. The second-order valence-electron chi connectivity index (χ2n) is 4.13.